The number of imidazole rings is 1. The van der Waals surface area contributed by atoms with E-state index in [0.717, 1.165) is 22.2 Å². The largest absolute Gasteiger partial charge is 0.497 e. The number of hydrogen-bond acceptors (Lipinski definition) is 6. The molecular formula is C23H18N4O4. The normalized spacial score (nSPS) is 11.5. The fourth-order valence-corrected chi connectivity index (χ4v) is 3.27. The first-order valence-corrected chi connectivity index (χ1v) is 9.41. The number of benzene rings is 2. The van der Waals surface area contributed by atoms with Gasteiger partial charge in [0.1, 0.15) is 29.2 Å². The van der Waals surface area contributed by atoms with Gasteiger partial charge in [0.15, 0.2) is 0 Å². The fraction of sp³-hybridized carbons (Fsp3) is 0.130. The Morgan fingerprint density at radius 3 is 2.71 bits per heavy atom. The van der Waals surface area contributed by atoms with Crippen LogP contribution in [0.3, 0.4) is 0 Å². The lowest BCUT2D eigenvalue weighted by Gasteiger charge is -2.03. The molecule has 0 aliphatic rings. The predicted octanol–water partition coefficient (Wildman–Crippen LogP) is 5.42. The molecule has 154 valence electrons. The van der Waals surface area contributed by atoms with Crippen molar-refractivity contribution in [2.75, 3.05) is 7.11 Å². The van der Waals surface area contributed by atoms with Gasteiger partial charge in [-0.05, 0) is 61.4 Å². The van der Waals surface area contributed by atoms with Gasteiger partial charge in [0, 0.05) is 6.08 Å². The van der Waals surface area contributed by atoms with Crippen LogP contribution in [-0.2, 0) is 0 Å². The number of aromatic nitrogens is 2. The molecule has 1 N–H and O–H groups in total. The van der Waals surface area contributed by atoms with Crippen LogP contribution in [0.25, 0.3) is 34.0 Å². The molecule has 31 heavy (non-hydrogen) atoms. The molecule has 0 saturated carbocycles. The first kappa shape index (κ1) is 19.9. The van der Waals surface area contributed by atoms with Gasteiger partial charge in [0.05, 0.1) is 40.3 Å². The van der Waals surface area contributed by atoms with Crippen molar-refractivity contribution in [1.29, 1.82) is 5.26 Å². The summed E-state index contributed by atoms with van der Waals surface area (Å²) in [6.07, 6.45) is 1.55. The van der Waals surface area contributed by atoms with E-state index in [0.29, 0.717) is 28.7 Å². The van der Waals surface area contributed by atoms with Gasteiger partial charge in [-0.15, -0.1) is 0 Å². The number of nitro benzene ring substituents is 1. The standard InChI is InChI=1S/C23H18N4O4/c1-13-8-19-20(9-14(13)2)26-23(25-19)15(12-24)10-17-5-7-22(31-17)18-6-4-16(30-3)11-21(18)27(28)29/h4-11H,1-3H3,(H,25,26)/b15-10+. The summed E-state index contributed by atoms with van der Waals surface area (Å²) in [5, 5.41) is 21.1. The van der Waals surface area contributed by atoms with E-state index in [2.05, 4.69) is 16.0 Å². The van der Waals surface area contributed by atoms with Gasteiger partial charge in [0.2, 0.25) is 0 Å². The number of nitro groups is 1. The van der Waals surface area contributed by atoms with Gasteiger partial charge in [-0.25, -0.2) is 4.98 Å². The number of aromatic amines is 1. The van der Waals surface area contributed by atoms with E-state index < -0.39 is 4.92 Å². The van der Waals surface area contributed by atoms with Crippen molar-refractivity contribution in [2.24, 2.45) is 0 Å². The molecule has 0 aliphatic carbocycles. The molecule has 0 saturated heterocycles. The molecule has 2 aromatic heterocycles. The number of aryl methyl sites for hydroxylation is 2. The van der Waals surface area contributed by atoms with Crippen molar-refractivity contribution in [3.63, 3.8) is 0 Å². The van der Waals surface area contributed by atoms with Crippen molar-refractivity contribution in [3.05, 3.63) is 75.3 Å². The summed E-state index contributed by atoms with van der Waals surface area (Å²) in [6.45, 7) is 4.02. The number of nitrogens with zero attached hydrogens (tertiary/aromatic N) is 3. The number of nitriles is 1. The highest BCUT2D eigenvalue weighted by molar-refractivity contribution is 5.90. The van der Waals surface area contributed by atoms with Crippen LogP contribution in [0.1, 0.15) is 22.7 Å². The van der Waals surface area contributed by atoms with Crippen LogP contribution >= 0.6 is 0 Å². The Hall–Kier alpha value is -4.38. The van der Waals surface area contributed by atoms with Crippen LogP contribution in [0.4, 0.5) is 5.69 Å². The van der Waals surface area contributed by atoms with Crippen LogP contribution in [0.15, 0.2) is 46.9 Å². The number of fused-ring (bicyclic) bond motifs is 1. The molecule has 0 amide bonds. The predicted molar refractivity (Wildman–Crippen MR) is 116 cm³/mol. The van der Waals surface area contributed by atoms with E-state index in [9.17, 15) is 15.4 Å². The third kappa shape index (κ3) is 3.76. The molecule has 4 aromatic rings. The maximum absolute atomic E-state index is 11.5. The Bertz CT molecular complexity index is 1350. The number of H-pyrrole nitrogens is 1. The van der Waals surface area contributed by atoms with Crippen LogP contribution in [-0.4, -0.2) is 22.0 Å². The Morgan fingerprint density at radius 2 is 2.00 bits per heavy atom. The van der Waals surface area contributed by atoms with Crippen LogP contribution in [0.5, 0.6) is 5.75 Å². The van der Waals surface area contributed by atoms with E-state index in [1.165, 1.54) is 13.2 Å². The molecule has 4 rings (SSSR count). The highest BCUT2D eigenvalue weighted by atomic mass is 16.6. The minimum atomic E-state index is -0.491. The Kier molecular flexibility index (Phi) is 5.01. The van der Waals surface area contributed by atoms with Crippen molar-refractivity contribution >= 4 is 28.4 Å². The second kappa shape index (κ2) is 7.80. The summed E-state index contributed by atoms with van der Waals surface area (Å²) in [4.78, 5) is 18.6. The summed E-state index contributed by atoms with van der Waals surface area (Å²) < 4.78 is 10.9. The van der Waals surface area contributed by atoms with Crippen molar-refractivity contribution in [2.45, 2.75) is 13.8 Å². The quantitative estimate of drug-likeness (QED) is 0.265. The number of nitrogens with one attached hydrogen (secondary N) is 1. The highest BCUT2D eigenvalue weighted by Gasteiger charge is 2.19. The third-order valence-corrected chi connectivity index (χ3v) is 5.05. The van der Waals surface area contributed by atoms with Gasteiger partial charge < -0.3 is 14.1 Å². The van der Waals surface area contributed by atoms with E-state index in [-0.39, 0.29) is 11.3 Å². The van der Waals surface area contributed by atoms with Gasteiger partial charge in [0.25, 0.3) is 5.69 Å². The SMILES string of the molecule is COc1ccc(-c2ccc(/C=C(\C#N)c3nc4cc(C)c(C)cc4[nH]3)o2)c([N+](=O)[O-])c1. The molecule has 0 radical (unpaired) electrons. The molecule has 8 heteroatoms. The molecule has 0 atom stereocenters. The molecule has 2 aromatic carbocycles. The first-order valence-electron chi connectivity index (χ1n) is 9.41. The summed E-state index contributed by atoms with van der Waals surface area (Å²) in [6, 6.07) is 13.9. The van der Waals surface area contributed by atoms with Gasteiger partial charge in [-0.1, -0.05) is 0 Å². The number of rotatable bonds is 5. The third-order valence-electron chi connectivity index (χ3n) is 5.05. The van der Waals surface area contributed by atoms with Crippen molar-refractivity contribution in [1.82, 2.24) is 9.97 Å². The van der Waals surface area contributed by atoms with E-state index in [1.807, 2.05) is 26.0 Å². The van der Waals surface area contributed by atoms with Crippen LogP contribution < -0.4 is 4.74 Å². The minimum Gasteiger partial charge on any atom is -0.497 e. The second-order valence-corrected chi connectivity index (χ2v) is 7.05. The molecule has 0 bridgehead atoms. The Balaban J connectivity index is 1.72. The lowest BCUT2D eigenvalue weighted by Crippen LogP contribution is -1.93. The number of allylic oxidation sites excluding steroid dienone is 1. The van der Waals surface area contributed by atoms with Crippen LogP contribution in [0.2, 0.25) is 0 Å². The molecule has 2 heterocycles. The smallest absolute Gasteiger partial charge is 0.284 e. The minimum absolute atomic E-state index is 0.132. The van der Waals surface area contributed by atoms with Gasteiger partial charge in [-0.2, -0.15) is 5.26 Å². The Morgan fingerprint density at radius 1 is 1.23 bits per heavy atom. The second-order valence-electron chi connectivity index (χ2n) is 7.05. The number of methoxy groups -OCH3 is 1. The van der Waals surface area contributed by atoms with Crippen molar-refractivity contribution < 1.29 is 14.1 Å². The molecular weight excluding hydrogens is 396 g/mol. The summed E-state index contributed by atoms with van der Waals surface area (Å²) in [5.74, 6) is 1.50. The van der Waals surface area contributed by atoms with E-state index in [1.54, 1.807) is 30.3 Å². The van der Waals surface area contributed by atoms with E-state index in [4.69, 9.17) is 9.15 Å². The maximum atomic E-state index is 11.5. The number of hydrogen-bond donors (Lipinski definition) is 1. The topological polar surface area (TPSA) is 118 Å². The zero-order valence-electron chi connectivity index (χ0n) is 17.1. The van der Waals surface area contributed by atoms with Gasteiger partial charge in [-0.3, -0.25) is 10.1 Å². The number of ether oxygens (including phenoxy) is 1. The summed E-state index contributed by atoms with van der Waals surface area (Å²) >= 11 is 0. The molecule has 0 unspecified atom stereocenters. The zero-order valence-corrected chi connectivity index (χ0v) is 17.1. The monoisotopic (exact) mass is 414 g/mol. The summed E-state index contributed by atoms with van der Waals surface area (Å²) in [7, 11) is 1.44. The molecule has 0 spiro atoms. The maximum Gasteiger partial charge on any atom is 0.284 e. The number of furan rings is 1. The lowest BCUT2D eigenvalue weighted by atomic mass is 10.1. The first-order chi connectivity index (χ1) is 14.9. The average molecular weight is 414 g/mol. The highest BCUT2D eigenvalue weighted by Crippen LogP contribution is 2.34. The zero-order chi connectivity index (χ0) is 22.1. The average Bonchev–Trinajstić information content (AvgIpc) is 3.38. The fourth-order valence-electron chi connectivity index (χ4n) is 3.27. The molecule has 0 aliphatic heterocycles. The van der Waals surface area contributed by atoms with Gasteiger partial charge >= 0.3 is 0 Å². The lowest BCUT2D eigenvalue weighted by molar-refractivity contribution is -0.384. The van der Waals surface area contributed by atoms with Crippen LogP contribution in [0, 0.1) is 35.3 Å². The Labute approximate surface area is 177 Å². The summed E-state index contributed by atoms with van der Waals surface area (Å²) in [5.41, 5.74) is 4.33. The van der Waals surface area contributed by atoms with E-state index >= 15 is 0 Å². The molecule has 8 nitrogen and oxygen atoms in total. The van der Waals surface area contributed by atoms with Crippen molar-refractivity contribution in [3.8, 4) is 23.1 Å². The molecule has 0 fully saturated rings.